The normalized spacial score (nSPS) is 11.4. The Balaban J connectivity index is 1.82. The molecule has 4 rings (SSSR count). The number of benzene rings is 3. The van der Waals surface area contributed by atoms with Crippen molar-refractivity contribution in [3.05, 3.63) is 85.7 Å². The van der Waals surface area contributed by atoms with Crippen LogP contribution in [-0.4, -0.2) is 21.2 Å². The molecule has 1 heterocycles. The fraction of sp³-hybridized carbons (Fsp3) is 0.0435. The van der Waals surface area contributed by atoms with Crippen LogP contribution in [0.1, 0.15) is 5.56 Å². The molecule has 0 unspecified atom stereocenters. The van der Waals surface area contributed by atoms with Gasteiger partial charge in [-0.1, -0.05) is 35.3 Å². The summed E-state index contributed by atoms with van der Waals surface area (Å²) in [5, 5.41) is 23.5. The zero-order valence-electron chi connectivity index (χ0n) is 17.5. The number of hydrogen-bond donors (Lipinski definition) is 1. The number of alkyl halides is 3. The van der Waals surface area contributed by atoms with Crippen LogP contribution in [0.4, 0.5) is 23.7 Å². The Kier molecular flexibility index (Phi) is 6.90. The third-order valence-corrected chi connectivity index (χ3v) is 6.59. The minimum atomic E-state index is -4.78. The average molecular weight is 555 g/mol. The summed E-state index contributed by atoms with van der Waals surface area (Å²) in [5.74, 6) is -0.395. The molecular formula is C23H11Cl2F3N2O5S. The maximum atomic E-state index is 13.3. The van der Waals surface area contributed by atoms with E-state index in [1.165, 1.54) is 29.5 Å². The van der Waals surface area contributed by atoms with Gasteiger partial charge in [0.2, 0.25) is 0 Å². The number of ether oxygens (including phenoxy) is 1. The molecule has 36 heavy (non-hydrogen) atoms. The van der Waals surface area contributed by atoms with Crippen LogP contribution in [0.25, 0.3) is 33.0 Å². The second kappa shape index (κ2) is 9.76. The van der Waals surface area contributed by atoms with Gasteiger partial charge in [0, 0.05) is 28.1 Å². The summed E-state index contributed by atoms with van der Waals surface area (Å²) in [4.78, 5) is 26.5. The maximum absolute atomic E-state index is 13.3. The van der Waals surface area contributed by atoms with Crippen LogP contribution in [0.5, 0.6) is 5.75 Å². The first-order valence-electron chi connectivity index (χ1n) is 9.76. The van der Waals surface area contributed by atoms with Crippen LogP contribution in [0, 0.1) is 10.1 Å². The van der Waals surface area contributed by atoms with Gasteiger partial charge in [-0.2, -0.15) is 13.2 Å². The van der Waals surface area contributed by atoms with E-state index in [0.29, 0.717) is 50.1 Å². The number of carbonyl (C=O) groups is 1. The van der Waals surface area contributed by atoms with E-state index in [9.17, 15) is 33.2 Å². The molecule has 0 spiro atoms. The quantitative estimate of drug-likeness (QED) is 0.115. The highest BCUT2D eigenvalue weighted by atomic mass is 35.5. The highest BCUT2D eigenvalue weighted by molar-refractivity contribution is 7.13. The molecule has 0 amide bonds. The van der Waals surface area contributed by atoms with Crippen LogP contribution in [0.2, 0.25) is 10.0 Å². The van der Waals surface area contributed by atoms with Gasteiger partial charge in [-0.3, -0.25) is 10.1 Å². The lowest BCUT2D eigenvalue weighted by Gasteiger charge is -2.13. The monoisotopic (exact) mass is 554 g/mol. The van der Waals surface area contributed by atoms with Gasteiger partial charge in [0.1, 0.15) is 10.8 Å². The van der Waals surface area contributed by atoms with Gasteiger partial charge in [0.05, 0.1) is 31.8 Å². The van der Waals surface area contributed by atoms with E-state index in [-0.39, 0.29) is 5.56 Å². The first-order chi connectivity index (χ1) is 16.9. The second-order valence-corrected chi connectivity index (χ2v) is 8.90. The van der Waals surface area contributed by atoms with Crippen LogP contribution in [0.3, 0.4) is 0 Å². The molecule has 1 aromatic heterocycles. The van der Waals surface area contributed by atoms with E-state index in [4.69, 9.17) is 27.9 Å². The molecular weight excluding hydrogens is 544 g/mol. The Bertz CT molecular complexity index is 1510. The third-order valence-electron chi connectivity index (χ3n) is 4.96. The Morgan fingerprint density at radius 1 is 1.00 bits per heavy atom. The molecule has 0 saturated carbocycles. The van der Waals surface area contributed by atoms with Gasteiger partial charge >= 0.3 is 12.3 Å². The van der Waals surface area contributed by atoms with Crippen LogP contribution < -0.4 is 4.74 Å². The number of aromatic nitrogens is 1. The Hall–Kier alpha value is -3.67. The smallest absolute Gasteiger partial charge is 0.449 e. The second-order valence-electron chi connectivity index (χ2n) is 7.23. The van der Waals surface area contributed by atoms with E-state index < -0.39 is 39.8 Å². The van der Waals surface area contributed by atoms with Gasteiger partial charge < -0.3 is 9.84 Å². The van der Waals surface area contributed by atoms with Crippen LogP contribution in [-0.2, 0) is 6.18 Å². The zero-order valence-corrected chi connectivity index (χ0v) is 19.9. The summed E-state index contributed by atoms with van der Waals surface area (Å²) in [7, 11) is 0. The Morgan fingerprint density at radius 2 is 1.72 bits per heavy atom. The topological polar surface area (TPSA) is 103 Å². The predicted octanol–water partition coefficient (Wildman–Crippen LogP) is 8.43. The molecule has 3 aromatic carbocycles. The molecule has 13 heteroatoms. The summed E-state index contributed by atoms with van der Waals surface area (Å²) in [6, 6.07) is 10.7. The summed E-state index contributed by atoms with van der Waals surface area (Å²) < 4.78 is 44.7. The van der Waals surface area contributed by atoms with Crippen LogP contribution >= 0.6 is 34.5 Å². The molecule has 0 saturated heterocycles. The summed E-state index contributed by atoms with van der Waals surface area (Å²) >= 11 is 13.2. The highest BCUT2D eigenvalue weighted by Crippen LogP contribution is 2.42. The maximum Gasteiger partial charge on any atom is 0.511 e. The Labute approximate surface area is 214 Å². The molecule has 0 fully saturated rings. The third kappa shape index (κ3) is 5.27. The summed E-state index contributed by atoms with van der Waals surface area (Å²) in [5.41, 5.74) is -0.854. The average Bonchev–Trinajstić information content (AvgIpc) is 3.30. The van der Waals surface area contributed by atoms with E-state index in [1.54, 1.807) is 23.6 Å². The standard InChI is InChI=1S/C23H11Cl2F3N2O5S/c24-16-5-2-11(7-17(16)25)18-10-36-21(29-18)12-1-4-14(20(8-12)35-22(31)32)15-9-13(23(26,27)28)3-6-19(15)30(33)34/h1-10H,(H,31,32). The van der Waals surface area contributed by atoms with Gasteiger partial charge in [-0.15, -0.1) is 11.3 Å². The van der Waals surface area contributed by atoms with Gasteiger partial charge in [-0.05, 0) is 36.4 Å². The first-order valence-corrected chi connectivity index (χ1v) is 11.4. The molecule has 7 nitrogen and oxygen atoms in total. The van der Waals surface area contributed by atoms with Crippen molar-refractivity contribution in [3.8, 4) is 38.7 Å². The van der Waals surface area contributed by atoms with Gasteiger partial charge in [-0.25, -0.2) is 9.78 Å². The van der Waals surface area contributed by atoms with Gasteiger partial charge in [0.15, 0.2) is 0 Å². The van der Waals surface area contributed by atoms with Crippen molar-refractivity contribution < 1.29 is 32.7 Å². The summed E-state index contributed by atoms with van der Waals surface area (Å²) in [6.07, 6.45) is -6.53. The van der Waals surface area contributed by atoms with E-state index in [1.807, 2.05) is 0 Å². The molecule has 0 aliphatic carbocycles. The van der Waals surface area contributed by atoms with E-state index in [0.717, 1.165) is 0 Å². The molecule has 0 radical (unpaired) electrons. The largest absolute Gasteiger partial charge is 0.511 e. The molecule has 0 aliphatic rings. The van der Waals surface area contributed by atoms with Crippen LogP contribution in [0.15, 0.2) is 60.0 Å². The predicted molar refractivity (Wildman–Crippen MR) is 129 cm³/mol. The molecule has 4 aromatic rings. The summed E-state index contributed by atoms with van der Waals surface area (Å²) in [6.45, 7) is 0. The minimum absolute atomic E-state index is 0.208. The number of thiazole rings is 1. The molecule has 0 aliphatic heterocycles. The molecule has 0 atom stereocenters. The fourth-order valence-corrected chi connectivity index (χ4v) is 4.46. The number of nitrogens with zero attached hydrogens (tertiary/aromatic N) is 2. The molecule has 184 valence electrons. The minimum Gasteiger partial charge on any atom is -0.449 e. The fourth-order valence-electron chi connectivity index (χ4n) is 3.34. The molecule has 1 N–H and O–H groups in total. The van der Waals surface area contributed by atoms with Crippen molar-refractivity contribution in [2.75, 3.05) is 0 Å². The number of nitro benzene ring substituents is 1. The van der Waals surface area contributed by atoms with E-state index in [2.05, 4.69) is 4.98 Å². The van der Waals surface area contributed by atoms with Crippen molar-refractivity contribution in [1.82, 2.24) is 4.98 Å². The molecule has 0 bridgehead atoms. The van der Waals surface area contributed by atoms with Crippen molar-refractivity contribution >= 4 is 46.4 Å². The zero-order chi connectivity index (χ0) is 26.2. The number of rotatable bonds is 5. The number of carboxylic acid groups (broad SMARTS) is 1. The number of hydrogen-bond acceptors (Lipinski definition) is 6. The van der Waals surface area contributed by atoms with Crippen molar-refractivity contribution in [1.29, 1.82) is 0 Å². The van der Waals surface area contributed by atoms with Crippen molar-refractivity contribution in [2.45, 2.75) is 6.18 Å². The highest BCUT2D eigenvalue weighted by Gasteiger charge is 2.33. The number of nitro groups is 1. The van der Waals surface area contributed by atoms with Crippen molar-refractivity contribution in [3.63, 3.8) is 0 Å². The lowest BCUT2D eigenvalue weighted by molar-refractivity contribution is -0.384. The first kappa shape index (κ1) is 25.4. The van der Waals surface area contributed by atoms with E-state index >= 15 is 0 Å². The SMILES string of the molecule is O=C(O)Oc1cc(-c2nc(-c3ccc(Cl)c(Cl)c3)cs2)ccc1-c1cc(C(F)(F)F)ccc1[N+](=O)[O-]. The lowest BCUT2D eigenvalue weighted by Crippen LogP contribution is -2.07. The van der Waals surface area contributed by atoms with Gasteiger partial charge in [0.25, 0.3) is 5.69 Å². The van der Waals surface area contributed by atoms with Crippen molar-refractivity contribution in [2.24, 2.45) is 0 Å². The Morgan fingerprint density at radius 3 is 2.36 bits per heavy atom. The lowest BCUT2D eigenvalue weighted by atomic mass is 9.98. The number of halogens is 5.